The molecule has 0 bridgehead atoms. The zero-order valence-corrected chi connectivity index (χ0v) is 25.6. The summed E-state index contributed by atoms with van der Waals surface area (Å²) in [4.78, 5) is -2.28. The maximum atomic E-state index is 12.3. The van der Waals surface area contributed by atoms with E-state index in [2.05, 4.69) is 20.5 Å². The Bertz CT molecular complexity index is 2450. The number of phenolic OH excluding ortho intramolecular Hbond substituents is 1. The summed E-state index contributed by atoms with van der Waals surface area (Å²) < 4.78 is 106. The SMILES string of the molecule is COc1ccc(N=Nc2ccc(N=Nc3c(S(=O)(=O)O)cc4cc(S(=O)(=O)O)c(N)cc4c3O)c3cc(S(=O)(=O)O)ccc23)cc1. The summed E-state index contributed by atoms with van der Waals surface area (Å²) in [5.41, 5.74) is 5.05. The molecule has 0 spiro atoms. The lowest BCUT2D eigenvalue weighted by atomic mass is 10.1. The predicted molar refractivity (Wildman–Crippen MR) is 165 cm³/mol. The molecule has 0 aliphatic heterocycles. The highest BCUT2D eigenvalue weighted by molar-refractivity contribution is 7.86. The lowest BCUT2D eigenvalue weighted by Gasteiger charge is -2.11. The quantitative estimate of drug-likeness (QED) is 0.0729. The molecule has 0 saturated heterocycles. The van der Waals surface area contributed by atoms with Crippen molar-refractivity contribution in [1.29, 1.82) is 0 Å². The van der Waals surface area contributed by atoms with E-state index in [9.17, 15) is 44.0 Å². The van der Waals surface area contributed by atoms with Crippen LogP contribution in [0.4, 0.5) is 28.4 Å². The maximum absolute atomic E-state index is 12.3. The number of nitrogens with zero attached hydrogens (tertiary/aromatic N) is 4. The van der Waals surface area contributed by atoms with Crippen molar-refractivity contribution in [2.24, 2.45) is 20.5 Å². The Morgan fingerprint density at radius 1 is 0.630 bits per heavy atom. The summed E-state index contributed by atoms with van der Waals surface area (Å²) in [5.74, 6) is -0.284. The molecule has 5 rings (SSSR count). The van der Waals surface area contributed by atoms with Crippen LogP contribution in [0.15, 0.2) is 108 Å². The molecular formula is C27H21N5O11S3. The van der Waals surface area contributed by atoms with Crippen LogP contribution in [0.2, 0.25) is 0 Å². The van der Waals surface area contributed by atoms with E-state index in [-0.39, 0.29) is 32.9 Å². The lowest BCUT2D eigenvalue weighted by Crippen LogP contribution is -2.04. The number of azo groups is 2. The molecule has 0 amide bonds. The number of fused-ring (bicyclic) bond motifs is 2. The van der Waals surface area contributed by atoms with Crippen molar-refractivity contribution in [2.45, 2.75) is 14.7 Å². The minimum absolute atomic E-state index is 0.0563. The van der Waals surface area contributed by atoms with Crippen molar-refractivity contribution < 1.29 is 48.8 Å². The van der Waals surface area contributed by atoms with E-state index >= 15 is 0 Å². The molecule has 19 heteroatoms. The van der Waals surface area contributed by atoms with Crippen LogP contribution in [0.5, 0.6) is 11.5 Å². The molecule has 0 aliphatic carbocycles. The largest absolute Gasteiger partial charge is 0.505 e. The van der Waals surface area contributed by atoms with Gasteiger partial charge in [-0.15, -0.1) is 15.3 Å². The van der Waals surface area contributed by atoms with Crippen molar-refractivity contribution in [3.63, 3.8) is 0 Å². The normalized spacial score (nSPS) is 12.9. The first kappa shape index (κ1) is 32.3. The van der Waals surface area contributed by atoms with Gasteiger partial charge in [-0.2, -0.15) is 30.4 Å². The number of nitrogens with two attached hydrogens (primary N) is 1. The van der Waals surface area contributed by atoms with Crippen LogP contribution in [0, 0.1) is 0 Å². The molecule has 238 valence electrons. The van der Waals surface area contributed by atoms with Gasteiger partial charge < -0.3 is 15.6 Å². The second kappa shape index (κ2) is 11.7. The van der Waals surface area contributed by atoms with Gasteiger partial charge in [0.1, 0.15) is 21.2 Å². The van der Waals surface area contributed by atoms with Crippen molar-refractivity contribution in [1.82, 2.24) is 0 Å². The summed E-state index contributed by atoms with van der Waals surface area (Å²) in [6, 6.07) is 15.4. The Labute approximate surface area is 260 Å². The highest BCUT2D eigenvalue weighted by Gasteiger charge is 2.25. The smallest absolute Gasteiger partial charge is 0.296 e. The molecule has 16 nitrogen and oxygen atoms in total. The molecule has 5 aromatic rings. The fraction of sp³-hybridized carbons (Fsp3) is 0.0370. The number of methoxy groups -OCH3 is 1. The van der Waals surface area contributed by atoms with Gasteiger partial charge in [-0.05, 0) is 72.1 Å². The Balaban J connectivity index is 1.69. The number of nitrogen functional groups attached to an aromatic ring is 1. The van der Waals surface area contributed by atoms with Crippen LogP contribution in [0.3, 0.4) is 0 Å². The molecule has 0 unspecified atom stereocenters. The third kappa shape index (κ3) is 6.49. The van der Waals surface area contributed by atoms with Crippen molar-refractivity contribution >= 4 is 80.3 Å². The third-order valence-corrected chi connectivity index (χ3v) is 9.21. The first-order valence-electron chi connectivity index (χ1n) is 12.5. The number of hydrogen-bond acceptors (Lipinski definition) is 13. The Morgan fingerprint density at radius 3 is 1.80 bits per heavy atom. The van der Waals surface area contributed by atoms with E-state index in [4.69, 9.17) is 10.5 Å². The number of hydrogen-bond donors (Lipinski definition) is 5. The molecule has 5 aromatic carbocycles. The summed E-state index contributed by atoms with van der Waals surface area (Å²) in [7, 11) is -13.2. The topological polar surface area (TPSA) is 268 Å². The first-order valence-corrected chi connectivity index (χ1v) is 16.9. The van der Waals surface area contributed by atoms with Crippen LogP contribution >= 0.6 is 0 Å². The van der Waals surface area contributed by atoms with E-state index in [0.29, 0.717) is 11.4 Å². The van der Waals surface area contributed by atoms with E-state index in [1.165, 1.54) is 25.3 Å². The van der Waals surface area contributed by atoms with Crippen LogP contribution < -0.4 is 10.5 Å². The fourth-order valence-electron chi connectivity index (χ4n) is 4.40. The summed E-state index contributed by atoms with van der Waals surface area (Å²) in [6.45, 7) is 0. The van der Waals surface area contributed by atoms with Crippen molar-refractivity contribution in [3.05, 3.63) is 72.8 Å². The molecule has 0 saturated carbocycles. The van der Waals surface area contributed by atoms with Gasteiger partial charge >= 0.3 is 0 Å². The average molecular weight is 688 g/mol. The number of anilines is 1. The lowest BCUT2D eigenvalue weighted by molar-refractivity contribution is 0.415. The minimum atomic E-state index is -5.13. The summed E-state index contributed by atoms with van der Waals surface area (Å²) >= 11 is 0. The van der Waals surface area contributed by atoms with E-state index in [1.54, 1.807) is 24.3 Å². The molecule has 0 aromatic heterocycles. The van der Waals surface area contributed by atoms with Crippen LogP contribution in [-0.4, -0.2) is 51.1 Å². The van der Waals surface area contributed by atoms with Crippen LogP contribution in [-0.2, 0) is 30.4 Å². The van der Waals surface area contributed by atoms with Gasteiger partial charge in [-0.3, -0.25) is 13.7 Å². The number of benzene rings is 5. The number of rotatable bonds is 8. The van der Waals surface area contributed by atoms with Crippen molar-refractivity contribution in [3.8, 4) is 11.5 Å². The Morgan fingerprint density at radius 2 is 1.22 bits per heavy atom. The highest BCUT2D eigenvalue weighted by Crippen LogP contribution is 2.44. The molecule has 46 heavy (non-hydrogen) atoms. The zero-order valence-electron chi connectivity index (χ0n) is 23.2. The molecule has 0 fully saturated rings. The van der Waals surface area contributed by atoms with E-state index < -0.39 is 62.2 Å². The Hall–Kier alpha value is -5.05. The molecule has 6 N–H and O–H groups in total. The predicted octanol–water partition coefficient (Wildman–Crippen LogP) is 5.86. The van der Waals surface area contributed by atoms with Gasteiger partial charge in [0.05, 0.1) is 34.8 Å². The van der Waals surface area contributed by atoms with Crippen LogP contribution in [0.25, 0.3) is 21.5 Å². The molecule has 0 radical (unpaired) electrons. The second-order valence-electron chi connectivity index (χ2n) is 9.52. The summed E-state index contributed by atoms with van der Waals surface area (Å²) in [5, 5.41) is 27.0. The molecule has 0 aliphatic rings. The summed E-state index contributed by atoms with van der Waals surface area (Å²) in [6.07, 6.45) is 0. The second-order valence-corrected chi connectivity index (χ2v) is 13.7. The van der Waals surface area contributed by atoms with E-state index in [0.717, 1.165) is 30.3 Å². The van der Waals surface area contributed by atoms with Gasteiger partial charge in [-0.1, -0.05) is 6.07 Å². The fourth-order valence-corrected chi connectivity index (χ4v) is 6.20. The van der Waals surface area contributed by atoms with Gasteiger partial charge in [0.15, 0.2) is 5.75 Å². The zero-order chi connectivity index (χ0) is 33.6. The number of aromatic hydroxyl groups is 1. The number of phenols is 1. The average Bonchev–Trinajstić information content (AvgIpc) is 2.98. The molecular weight excluding hydrogens is 667 g/mol. The molecule has 0 atom stereocenters. The monoisotopic (exact) mass is 687 g/mol. The van der Waals surface area contributed by atoms with Gasteiger partial charge in [-0.25, -0.2) is 0 Å². The maximum Gasteiger partial charge on any atom is 0.296 e. The van der Waals surface area contributed by atoms with Gasteiger partial charge in [0.2, 0.25) is 0 Å². The number of ether oxygens (including phenoxy) is 1. The van der Waals surface area contributed by atoms with Crippen LogP contribution in [0.1, 0.15) is 0 Å². The standard InChI is InChI=1S/C27H21N5O11S3/c1-43-16-4-2-15(3-5-16)29-30-22-8-9-23(20-12-17(44(34,35)36)6-7-18(20)22)31-32-26-25(46(40,41)42)11-14-10-24(45(37,38)39)21(28)13-19(14)27(26)33/h2-13,33H,28H2,1H3,(H,34,35,36)(H,37,38,39)(H,40,41,42). The van der Waals surface area contributed by atoms with Gasteiger partial charge in [0.25, 0.3) is 30.4 Å². The molecule has 0 heterocycles. The van der Waals surface area contributed by atoms with Crippen molar-refractivity contribution in [2.75, 3.05) is 12.8 Å². The highest BCUT2D eigenvalue weighted by atomic mass is 32.2. The minimum Gasteiger partial charge on any atom is -0.505 e. The first-order chi connectivity index (χ1) is 21.5. The Kier molecular flexibility index (Phi) is 8.23. The third-order valence-electron chi connectivity index (χ3n) is 6.58. The van der Waals surface area contributed by atoms with Gasteiger partial charge in [0, 0.05) is 16.2 Å². The van der Waals surface area contributed by atoms with E-state index in [1.807, 2.05) is 0 Å².